The van der Waals surface area contributed by atoms with Crippen molar-refractivity contribution in [2.45, 2.75) is 11.3 Å². The summed E-state index contributed by atoms with van der Waals surface area (Å²) in [6.07, 6.45) is 8.43. The predicted molar refractivity (Wildman–Crippen MR) is 180 cm³/mol. The molecule has 216 valence electrons. The molecule has 2 heterocycles. The molecule has 0 aliphatic carbocycles. The highest BCUT2D eigenvalue weighted by atomic mass is 32.2. The van der Waals surface area contributed by atoms with E-state index in [1.54, 1.807) is 0 Å². The second-order valence-corrected chi connectivity index (χ2v) is 11.8. The minimum atomic E-state index is -1.38. The first-order valence-electron chi connectivity index (χ1n) is 14.5. The number of allylic oxidation sites excluding steroid dienone is 3. The Hall–Kier alpha value is -5.33. The molecule has 0 spiro atoms. The average Bonchev–Trinajstić information content (AvgIpc) is 3.08. The molecule has 0 aromatic heterocycles. The zero-order chi connectivity index (χ0) is 29.9. The lowest BCUT2D eigenvalue weighted by atomic mass is 10.1. The Balaban J connectivity index is 1.15. The van der Waals surface area contributed by atoms with Gasteiger partial charge in [-0.25, -0.2) is 4.21 Å². The molecule has 1 unspecified atom stereocenters. The summed E-state index contributed by atoms with van der Waals surface area (Å²) >= 11 is 0. The van der Waals surface area contributed by atoms with Crippen LogP contribution in [0.4, 0.5) is 28.4 Å². The molecule has 0 radical (unpaired) electrons. The zero-order valence-corrected chi connectivity index (χ0v) is 24.8. The van der Waals surface area contributed by atoms with Crippen molar-refractivity contribution in [2.75, 3.05) is 16.3 Å². The summed E-state index contributed by atoms with van der Waals surface area (Å²) in [5.74, 6) is 3.22. The maximum atomic E-state index is 13.9. The van der Waals surface area contributed by atoms with E-state index in [1.165, 1.54) is 0 Å². The third kappa shape index (κ3) is 5.21. The van der Waals surface area contributed by atoms with Gasteiger partial charge in [0, 0.05) is 22.0 Å². The van der Waals surface area contributed by atoms with Crippen LogP contribution in [0.3, 0.4) is 0 Å². The Bertz CT molecular complexity index is 1840. The Labute approximate surface area is 260 Å². The van der Waals surface area contributed by atoms with Gasteiger partial charge in [-0.1, -0.05) is 66.8 Å². The smallest absolute Gasteiger partial charge is 0.151 e. The molecule has 44 heavy (non-hydrogen) atoms. The Morgan fingerprint density at radius 2 is 1.14 bits per heavy atom. The molecule has 0 saturated carbocycles. The fraction of sp³-hybridized carbons (Fsp3) is 0.0526. The normalized spacial score (nSPS) is 14.0. The van der Waals surface area contributed by atoms with Gasteiger partial charge in [0.25, 0.3) is 0 Å². The topological polar surface area (TPSA) is 42.0 Å². The van der Waals surface area contributed by atoms with Crippen molar-refractivity contribution in [1.82, 2.24) is 0 Å². The van der Waals surface area contributed by atoms with Crippen LogP contribution in [0, 0.1) is 0 Å². The summed E-state index contributed by atoms with van der Waals surface area (Å²) in [6, 6.07) is 39.9. The summed E-state index contributed by atoms with van der Waals surface area (Å²) in [5.41, 5.74) is 4.87. The SMILES string of the molecule is C=CC/C=C(\C=C/CN1c2ccccc2Oc2ccccc21)S(=O)c1ccc(N2c3ccccc3Oc3ccccc32)cc1. The van der Waals surface area contributed by atoms with E-state index in [9.17, 15) is 4.21 Å². The molecule has 1 atom stereocenters. The van der Waals surface area contributed by atoms with Gasteiger partial charge in [-0.3, -0.25) is 0 Å². The third-order valence-electron chi connectivity index (χ3n) is 7.54. The standard InChI is InChI=1S/C38H30N2O3S/c1-2-3-13-29(14-12-27-39-31-15-4-8-19-35(31)42-36-20-9-5-16-32(36)39)44(41)30-25-23-28(24-26-30)40-33-17-6-10-21-37(33)43-38-22-11-7-18-34(38)40/h2,4-26H,1,3,27H2/b14-12-,29-13+. The molecule has 0 fully saturated rings. The number of anilines is 5. The number of fused-ring (bicyclic) bond motifs is 4. The molecular weight excluding hydrogens is 564 g/mol. The van der Waals surface area contributed by atoms with E-state index in [4.69, 9.17) is 9.47 Å². The van der Waals surface area contributed by atoms with Gasteiger partial charge in [0.15, 0.2) is 23.0 Å². The highest BCUT2D eigenvalue weighted by Gasteiger charge is 2.26. The van der Waals surface area contributed by atoms with Gasteiger partial charge in [-0.2, -0.15) is 0 Å². The van der Waals surface area contributed by atoms with E-state index in [1.807, 2.05) is 127 Å². The number of ether oxygens (including phenoxy) is 2. The van der Waals surface area contributed by atoms with Crippen molar-refractivity contribution in [3.8, 4) is 23.0 Å². The highest BCUT2D eigenvalue weighted by molar-refractivity contribution is 7.89. The lowest BCUT2D eigenvalue weighted by Gasteiger charge is -2.32. The van der Waals surface area contributed by atoms with Crippen LogP contribution in [0.15, 0.2) is 162 Å². The second kappa shape index (κ2) is 12.1. The van der Waals surface area contributed by atoms with Gasteiger partial charge in [0.1, 0.15) is 0 Å². The Morgan fingerprint density at radius 3 is 1.66 bits per heavy atom. The fourth-order valence-electron chi connectivity index (χ4n) is 5.49. The number of nitrogens with zero attached hydrogens (tertiary/aromatic N) is 2. The number of para-hydroxylation sites is 8. The molecule has 5 aromatic rings. The van der Waals surface area contributed by atoms with Crippen LogP contribution in [-0.4, -0.2) is 10.8 Å². The maximum absolute atomic E-state index is 13.9. The van der Waals surface area contributed by atoms with Crippen LogP contribution in [0.2, 0.25) is 0 Å². The van der Waals surface area contributed by atoms with Crippen LogP contribution in [0.25, 0.3) is 0 Å². The molecule has 5 nitrogen and oxygen atoms in total. The van der Waals surface area contributed by atoms with E-state index < -0.39 is 10.8 Å². The molecule has 0 amide bonds. The Morgan fingerprint density at radius 1 is 0.659 bits per heavy atom. The minimum Gasteiger partial charge on any atom is -0.453 e. The van der Waals surface area contributed by atoms with Gasteiger partial charge in [-0.05, 0) is 85.3 Å². The van der Waals surface area contributed by atoms with Crippen molar-refractivity contribution in [3.63, 3.8) is 0 Å². The van der Waals surface area contributed by atoms with E-state index >= 15 is 0 Å². The first-order chi connectivity index (χ1) is 21.7. The van der Waals surface area contributed by atoms with Crippen LogP contribution in [-0.2, 0) is 10.8 Å². The van der Waals surface area contributed by atoms with Crippen molar-refractivity contribution in [3.05, 3.63) is 157 Å². The molecule has 0 bridgehead atoms. The summed E-state index contributed by atoms with van der Waals surface area (Å²) in [5, 5.41) is 0. The van der Waals surface area contributed by atoms with Gasteiger partial charge in [-0.15, -0.1) is 6.58 Å². The quantitative estimate of drug-likeness (QED) is 0.130. The van der Waals surface area contributed by atoms with Gasteiger partial charge >= 0.3 is 0 Å². The minimum absolute atomic E-state index is 0.592. The zero-order valence-electron chi connectivity index (χ0n) is 24.0. The van der Waals surface area contributed by atoms with Crippen molar-refractivity contribution >= 4 is 39.2 Å². The lowest BCUT2D eigenvalue weighted by molar-refractivity contribution is 0.474. The van der Waals surface area contributed by atoms with Crippen molar-refractivity contribution in [2.24, 2.45) is 0 Å². The molecule has 0 N–H and O–H groups in total. The van der Waals surface area contributed by atoms with E-state index in [-0.39, 0.29) is 0 Å². The number of hydrogen-bond donors (Lipinski definition) is 0. The lowest BCUT2D eigenvalue weighted by Crippen LogP contribution is -2.21. The largest absolute Gasteiger partial charge is 0.453 e. The van der Waals surface area contributed by atoms with Crippen molar-refractivity contribution in [1.29, 1.82) is 0 Å². The number of benzene rings is 5. The molecule has 5 aromatic carbocycles. The molecule has 6 heteroatoms. The third-order valence-corrected chi connectivity index (χ3v) is 8.97. The molecule has 2 aliphatic heterocycles. The van der Waals surface area contributed by atoms with E-state index in [0.717, 1.165) is 61.2 Å². The predicted octanol–water partition coefficient (Wildman–Crippen LogP) is 10.3. The summed E-state index contributed by atoms with van der Waals surface area (Å²) in [7, 11) is -1.38. The fourth-order valence-corrected chi connectivity index (χ4v) is 6.62. The van der Waals surface area contributed by atoms with Crippen LogP contribution < -0.4 is 19.3 Å². The van der Waals surface area contributed by atoms with Gasteiger partial charge < -0.3 is 19.3 Å². The summed E-state index contributed by atoms with van der Waals surface area (Å²) in [4.78, 5) is 5.85. The summed E-state index contributed by atoms with van der Waals surface area (Å²) < 4.78 is 26.2. The monoisotopic (exact) mass is 594 g/mol. The molecular formula is C38H30N2O3S. The molecule has 0 saturated heterocycles. The average molecular weight is 595 g/mol. The Kier molecular flexibility index (Phi) is 7.57. The molecule has 2 aliphatic rings. The maximum Gasteiger partial charge on any atom is 0.151 e. The first kappa shape index (κ1) is 27.5. The second-order valence-electron chi connectivity index (χ2n) is 10.3. The number of hydrogen-bond acceptors (Lipinski definition) is 5. The summed E-state index contributed by atoms with van der Waals surface area (Å²) in [6.45, 7) is 4.46. The van der Waals surface area contributed by atoms with E-state index in [0.29, 0.717) is 13.0 Å². The van der Waals surface area contributed by atoms with Crippen molar-refractivity contribution < 1.29 is 13.7 Å². The van der Waals surface area contributed by atoms with Crippen LogP contribution in [0.1, 0.15) is 6.42 Å². The highest BCUT2D eigenvalue weighted by Crippen LogP contribution is 2.50. The first-order valence-corrected chi connectivity index (χ1v) is 15.6. The van der Waals surface area contributed by atoms with Crippen LogP contribution in [0.5, 0.6) is 23.0 Å². The van der Waals surface area contributed by atoms with Gasteiger partial charge in [0.05, 0.1) is 33.5 Å². The van der Waals surface area contributed by atoms with E-state index in [2.05, 4.69) is 34.6 Å². The number of rotatable bonds is 8. The van der Waals surface area contributed by atoms with Gasteiger partial charge in [0.2, 0.25) is 0 Å². The van der Waals surface area contributed by atoms with Crippen LogP contribution >= 0.6 is 0 Å². The molecule has 7 rings (SSSR count).